The van der Waals surface area contributed by atoms with Crippen LogP contribution in [0.15, 0.2) is 283 Å². The molecule has 350 valence electrons. The summed E-state index contributed by atoms with van der Waals surface area (Å²) in [6.07, 6.45) is 0. The van der Waals surface area contributed by atoms with Crippen LogP contribution in [0.3, 0.4) is 0 Å². The van der Waals surface area contributed by atoms with E-state index in [0.29, 0.717) is 0 Å². The molecule has 0 bridgehead atoms. The highest BCUT2D eigenvalue weighted by molar-refractivity contribution is 6.16. The Balaban J connectivity index is 0.788. The highest BCUT2D eigenvalue weighted by Gasteiger charge is 2.17. The lowest BCUT2D eigenvalue weighted by atomic mass is 9.95. The Hall–Kier alpha value is -9.96. The van der Waals surface area contributed by atoms with Gasteiger partial charge in [0.1, 0.15) is 11.2 Å². The number of anilines is 3. The lowest BCUT2D eigenvalue weighted by Crippen LogP contribution is -2.09. The molecule has 75 heavy (non-hydrogen) atoms. The molecule has 2 aromatic heterocycles. The molecule has 0 amide bonds. The van der Waals surface area contributed by atoms with E-state index in [9.17, 15) is 0 Å². The number of rotatable bonds is 8. The third-order valence-electron chi connectivity index (χ3n) is 15.4. The molecule has 0 saturated carbocycles. The third-order valence-corrected chi connectivity index (χ3v) is 15.4. The van der Waals surface area contributed by atoms with Crippen molar-refractivity contribution in [2.45, 2.75) is 0 Å². The third kappa shape index (κ3) is 7.28. The SMILES string of the molecule is c1cc(-c2ccc(N(c3ccc(-c4cccc(-n5c6ccccc6c6ccccc65)c4)cc3)c3ccc(-c4ccc5oc6c7ccccc7ccc6c5c4)cc3)cc2)cc(-c2ccc3ccc4ccccc4c3c2)c1. The second kappa shape index (κ2) is 17.4. The van der Waals surface area contributed by atoms with Crippen molar-refractivity contribution >= 4 is 93.1 Å². The first kappa shape index (κ1) is 42.7. The van der Waals surface area contributed by atoms with Gasteiger partial charge in [-0.05, 0) is 162 Å². The molecule has 0 aliphatic rings. The van der Waals surface area contributed by atoms with Gasteiger partial charge in [0.2, 0.25) is 0 Å². The monoisotopic (exact) mass is 954 g/mol. The van der Waals surface area contributed by atoms with Crippen molar-refractivity contribution in [2.75, 3.05) is 4.90 Å². The molecular weight excluding hydrogens is 909 g/mol. The minimum atomic E-state index is 0.896. The molecule has 13 aromatic carbocycles. The Morgan fingerprint density at radius 2 is 0.680 bits per heavy atom. The molecule has 2 heterocycles. The number of nitrogens with zero attached hydrogens (tertiary/aromatic N) is 2. The molecule has 0 aliphatic carbocycles. The number of benzene rings is 13. The maximum Gasteiger partial charge on any atom is 0.143 e. The van der Waals surface area contributed by atoms with Crippen molar-refractivity contribution in [2.24, 2.45) is 0 Å². The second-order valence-corrected chi connectivity index (χ2v) is 19.7. The highest BCUT2D eigenvalue weighted by Crippen LogP contribution is 2.41. The minimum absolute atomic E-state index is 0.896. The van der Waals surface area contributed by atoms with E-state index in [-0.39, 0.29) is 0 Å². The van der Waals surface area contributed by atoms with E-state index in [4.69, 9.17) is 4.42 Å². The average molecular weight is 955 g/mol. The number of furan rings is 1. The van der Waals surface area contributed by atoms with Crippen LogP contribution in [0.4, 0.5) is 17.1 Å². The standard InChI is InChI=1S/C72H46N2O/c1-3-17-62-50(11-1)23-24-52-25-26-57(45-67(52)62)54-14-9-13-53(43-54)47-27-35-58(36-28-47)73(60-39-31-49(32-40-60)56-34-42-71-68(46-56)66-41-33-51-12-2-4-18-63(51)72(66)75-71)59-37-29-48(30-38-59)55-15-10-16-61(44-55)74-69-21-7-5-19-64(69)65-20-6-8-22-70(65)74/h1-46H. The maximum absolute atomic E-state index is 6.48. The Bertz CT molecular complexity index is 4640. The number of aromatic nitrogens is 1. The summed E-state index contributed by atoms with van der Waals surface area (Å²) in [5, 5.41) is 12.1. The summed E-state index contributed by atoms with van der Waals surface area (Å²) in [5.74, 6) is 0. The van der Waals surface area contributed by atoms with Gasteiger partial charge in [-0.1, -0.05) is 188 Å². The maximum atomic E-state index is 6.48. The van der Waals surface area contributed by atoms with Gasteiger partial charge in [0.05, 0.1) is 11.0 Å². The lowest BCUT2D eigenvalue weighted by Gasteiger charge is -2.26. The summed E-state index contributed by atoms with van der Waals surface area (Å²) in [7, 11) is 0. The van der Waals surface area contributed by atoms with Gasteiger partial charge in [-0.2, -0.15) is 0 Å². The Morgan fingerprint density at radius 1 is 0.253 bits per heavy atom. The second-order valence-electron chi connectivity index (χ2n) is 19.7. The van der Waals surface area contributed by atoms with Crippen molar-refractivity contribution in [3.8, 4) is 50.2 Å². The molecule has 0 unspecified atom stereocenters. The molecule has 0 aliphatic heterocycles. The predicted molar refractivity (Wildman–Crippen MR) is 317 cm³/mol. The number of fused-ring (bicyclic) bond motifs is 11. The van der Waals surface area contributed by atoms with Crippen molar-refractivity contribution in [1.82, 2.24) is 4.57 Å². The van der Waals surface area contributed by atoms with Crippen LogP contribution in [0.1, 0.15) is 0 Å². The van der Waals surface area contributed by atoms with E-state index in [2.05, 4.69) is 289 Å². The molecule has 3 heteroatoms. The Labute approximate surface area is 434 Å². The van der Waals surface area contributed by atoms with Crippen molar-refractivity contribution < 1.29 is 4.42 Å². The molecule has 0 atom stereocenters. The zero-order valence-corrected chi connectivity index (χ0v) is 40.9. The van der Waals surface area contributed by atoms with Crippen LogP contribution in [-0.2, 0) is 0 Å². The zero-order valence-electron chi connectivity index (χ0n) is 40.9. The normalized spacial score (nSPS) is 11.7. The first-order valence-electron chi connectivity index (χ1n) is 25.7. The first-order chi connectivity index (χ1) is 37.1. The van der Waals surface area contributed by atoms with E-state index in [1.54, 1.807) is 0 Å². The fourth-order valence-corrected chi connectivity index (χ4v) is 11.6. The summed E-state index contributed by atoms with van der Waals surface area (Å²) < 4.78 is 8.86. The summed E-state index contributed by atoms with van der Waals surface area (Å²) in [4.78, 5) is 2.36. The van der Waals surface area contributed by atoms with Gasteiger partial charge in [0.25, 0.3) is 0 Å². The van der Waals surface area contributed by atoms with Crippen LogP contribution < -0.4 is 4.90 Å². The molecule has 0 saturated heterocycles. The van der Waals surface area contributed by atoms with E-state index >= 15 is 0 Å². The fourth-order valence-electron chi connectivity index (χ4n) is 11.6. The van der Waals surface area contributed by atoms with Crippen LogP contribution in [0.5, 0.6) is 0 Å². The quantitative estimate of drug-likeness (QED) is 0.142. The smallest absolute Gasteiger partial charge is 0.143 e. The summed E-state index contributed by atoms with van der Waals surface area (Å²) in [6, 6.07) is 102. The molecular formula is C72H46N2O. The van der Waals surface area contributed by atoms with Crippen LogP contribution in [0, 0.1) is 0 Å². The van der Waals surface area contributed by atoms with E-state index in [1.165, 1.54) is 65.4 Å². The van der Waals surface area contributed by atoms with Crippen LogP contribution in [-0.4, -0.2) is 4.57 Å². The van der Waals surface area contributed by atoms with Gasteiger partial charge in [-0.3, -0.25) is 0 Å². The summed E-state index contributed by atoms with van der Waals surface area (Å²) in [5.41, 5.74) is 17.9. The molecule has 15 aromatic rings. The molecule has 0 fully saturated rings. The Kier molecular flexibility index (Phi) is 9.89. The van der Waals surface area contributed by atoms with Crippen molar-refractivity contribution in [3.63, 3.8) is 0 Å². The van der Waals surface area contributed by atoms with Gasteiger partial charge >= 0.3 is 0 Å². The van der Waals surface area contributed by atoms with Gasteiger partial charge in [-0.25, -0.2) is 0 Å². The van der Waals surface area contributed by atoms with Gasteiger partial charge in [-0.15, -0.1) is 0 Å². The predicted octanol–water partition coefficient (Wildman–Crippen LogP) is 20.3. The molecule has 0 radical (unpaired) electrons. The van der Waals surface area contributed by atoms with Gasteiger partial charge in [0, 0.05) is 49.7 Å². The Morgan fingerprint density at radius 3 is 1.32 bits per heavy atom. The number of para-hydroxylation sites is 2. The van der Waals surface area contributed by atoms with Gasteiger partial charge < -0.3 is 13.9 Å². The summed E-state index contributed by atoms with van der Waals surface area (Å²) >= 11 is 0. The fraction of sp³-hybridized carbons (Fsp3) is 0. The summed E-state index contributed by atoms with van der Waals surface area (Å²) in [6.45, 7) is 0. The van der Waals surface area contributed by atoms with Crippen LogP contribution >= 0.6 is 0 Å². The van der Waals surface area contributed by atoms with Crippen LogP contribution in [0.25, 0.3) is 126 Å². The van der Waals surface area contributed by atoms with E-state index in [0.717, 1.165) is 77.9 Å². The number of hydrogen-bond donors (Lipinski definition) is 0. The highest BCUT2D eigenvalue weighted by atomic mass is 16.3. The van der Waals surface area contributed by atoms with Gasteiger partial charge in [0.15, 0.2) is 0 Å². The van der Waals surface area contributed by atoms with Crippen molar-refractivity contribution in [1.29, 1.82) is 0 Å². The minimum Gasteiger partial charge on any atom is -0.455 e. The molecule has 0 spiro atoms. The molecule has 15 rings (SSSR count). The first-order valence-corrected chi connectivity index (χ1v) is 25.7. The number of hydrogen-bond acceptors (Lipinski definition) is 2. The van der Waals surface area contributed by atoms with E-state index < -0.39 is 0 Å². The topological polar surface area (TPSA) is 21.3 Å². The van der Waals surface area contributed by atoms with Crippen LogP contribution in [0.2, 0.25) is 0 Å². The largest absolute Gasteiger partial charge is 0.455 e. The van der Waals surface area contributed by atoms with E-state index in [1.807, 2.05) is 0 Å². The lowest BCUT2D eigenvalue weighted by molar-refractivity contribution is 0.672. The molecule has 0 N–H and O–H groups in total. The zero-order chi connectivity index (χ0) is 49.4. The van der Waals surface area contributed by atoms with Crippen molar-refractivity contribution in [3.05, 3.63) is 279 Å². The average Bonchev–Trinajstić information content (AvgIpc) is 4.06. The molecule has 3 nitrogen and oxygen atoms in total.